The topological polar surface area (TPSA) is 109 Å². The zero-order valence-electron chi connectivity index (χ0n) is 14.6. The van der Waals surface area contributed by atoms with Crippen LogP contribution in [-0.4, -0.2) is 22.9 Å². The Balaban J connectivity index is 1.84. The van der Waals surface area contributed by atoms with E-state index in [1.54, 1.807) is 48.5 Å². The molecular formula is C21H16N2O5. The Morgan fingerprint density at radius 3 is 2.32 bits per heavy atom. The van der Waals surface area contributed by atoms with Crippen LogP contribution in [0.3, 0.4) is 0 Å². The highest BCUT2D eigenvalue weighted by Crippen LogP contribution is 2.14. The highest BCUT2D eigenvalue weighted by Gasteiger charge is 2.16. The predicted octanol–water partition coefficient (Wildman–Crippen LogP) is 3.39. The summed E-state index contributed by atoms with van der Waals surface area (Å²) >= 11 is 0. The molecule has 3 N–H and O–H groups in total. The van der Waals surface area contributed by atoms with Crippen LogP contribution in [0.15, 0.2) is 83.1 Å². The van der Waals surface area contributed by atoms with Crippen molar-refractivity contribution in [3.63, 3.8) is 0 Å². The van der Waals surface area contributed by atoms with Gasteiger partial charge in [-0.1, -0.05) is 24.3 Å². The van der Waals surface area contributed by atoms with Gasteiger partial charge < -0.3 is 20.2 Å². The van der Waals surface area contributed by atoms with Crippen LogP contribution in [0.1, 0.15) is 26.5 Å². The molecule has 1 heterocycles. The van der Waals surface area contributed by atoms with Crippen molar-refractivity contribution in [2.45, 2.75) is 0 Å². The summed E-state index contributed by atoms with van der Waals surface area (Å²) in [6, 6.07) is 17.5. The summed E-state index contributed by atoms with van der Waals surface area (Å²) in [6.07, 6.45) is 2.83. The molecule has 7 heteroatoms. The van der Waals surface area contributed by atoms with Crippen LogP contribution in [0.25, 0.3) is 6.08 Å². The smallest absolute Gasteiger partial charge is 0.335 e. The fourth-order valence-electron chi connectivity index (χ4n) is 2.39. The second-order valence-corrected chi connectivity index (χ2v) is 5.73. The van der Waals surface area contributed by atoms with E-state index >= 15 is 0 Å². The van der Waals surface area contributed by atoms with Gasteiger partial charge in [-0.15, -0.1) is 0 Å². The van der Waals surface area contributed by atoms with Crippen LogP contribution in [0, 0.1) is 0 Å². The Hall–Kier alpha value is -4.13. The number of carboxylic acids is 1. The summed E-state index contributed by atoms with van der Waals surface area (Å²) in [5.74, 6) is -1.83. The molecule has 140 valence electrons. The van der Waals surface area contributed by atoms with E-state index in [9.17, 15) is 14.4 Å². The van der Waals surface area contributed by atoms with Gasteiger partial charge >= 0.3 is 5.97 Å². The lowest BCUT2D eigenvalue weighted by atomic mass is 10.2. The summed E-state index contributed by atoms with van der Waals surface area (Å²) in [7, 11) is 0. The lowest BCUT2D eigenvalue weighted by Gasteiger charge is -2.11. The third kappa shape index (κ3) is 4.73. The fourth-order valence-corrected chi connectivity index (χ4v) is 2.39. The Kier molecular flexibility index (Phi) is 5.66. The van der Waals surface area contributed by atoms with Crippen LogP contribution in [-0.2, 0) is 4.79 Å². The molecule has 0 aliphatic rings. The van der Waals surface area contributed by atoms with Gasteiger partial charge in [-0.2, -0.15) is 0 Å². The number of nitrogens with one attached hydrogen (secondary N) is 2. The van der Waals surface area contributed by atoms with Gasteiger partial charge in [0.05, 0.1) is 11.8 Å². The number of anilines is 1. The predicted molar refractivity (Wildman–Crippen MR) is 103 cm³/mol. The van der Waals surface area contributed by atoms with Gasteiger partial charge in [0.15, 0.2) is 0 Å². The minimum atomic E-state index is -1.11. The number of rotatable bonds is 6. The van der Waals surface area contributed by atoms with Gasteiger partial charge in [0.2, 0.25) is 0 Å². The third-order valence-corrected chi connectivity index (χ3v) is 3.73. The number of carboxylic acid groups (broad SMARTS) is 1. The quantitative estimate of drug-likeness (QED) is 0.572. The molecule has 28 heavy (non-hydrogen) atoms. The van der Waals surface area contributed by atoms with Crippen molar-refractivity contribution < 1.29 is 23.9 Å². The Morgan fingerprint density at radius 2 is 1.64 bits per heavy atom. The molecule has 0 unspecified atom stereocenters. The van der Waals surface area contributed by atoms with E-state index in [-0.39, 0.29) is 16.9 Å². The summed E-state index contributed by atoms with van der Waals surface area (Å²) in [4.78, 5) is 36.2. The number of hydrogen-bond acceptors (Lipinski definition) is 4. The number of benzene rings is 2. The van der Waals surface area contributed by atoms with Crippen molar-refractivity contribution >= 4 is 29.5 Å². The third-order valence-electron chi connectivity index (χ3n) is 3.73. The van der Waals surface area contributed by atoms with Gasteiger partial charge in [0.1, 0.15) is 11.5 Å². The SMILES string of the molecule is O=C(Nc1cccc(C(=O)O)c1)C(=Cc1ccco1)NC(=O)c1ccccc1. The van der Waals surface area contributed by atoms with Crippen molar-refractivity contribution in [1.82, 2.24) is 5.32 Å². The summed E-state index contributed by atoms with van der Waals surface area (Å²) in [5.41, 5.74) is 0.643. The molecule has 0 bridgehead atoms. The standard InChI is InChI=1S/C21H16N2O5/c24-19(14-6-2-1-3-7-14)23-18(13-17-10-5-11-28-17)20(25)22-16-9-4-8-15(12-16)21(26)27/h1-13H,(H,22,25)(H,23,24)(H,26,27). The largest absolute Gasteiger partial charge is 0.478 e. The second kappa shape index (κ2) is 8.50. The maximum atomic E-state index is 12.7. The van der Waals surface area contributed by atoms with Gasteiger partial charge in [0, 0.05) is 17.3 Å². The average molecular weight is 376 g/mol. The lowest BCUT2D eigenvalue weighted by Crippen LogP contribution is -2.30. The minimum Gasteiger partial charge on any atom is -0.478 e. The molecule has 2 amide bonds. The summed E-state index contributed by atoms with van der Waals surface area (Å²) in [5, 5.41) is 14.2. The van der Waals surface area contributed by atoms with E-state index < -0.39 is 17.8 Å². The number of carbonyl (C=O) groups is 3. The van der Waals surface area contributed by atoms with Crippen molar-refractivity contribution in [2.24, 2.45) is 0 Å². The molecular weight excluding hydrogens is 360 g/mol. The molecule has 0 aliphatic carbocycles. The van der Waals surface area contributed by atoms with Crippen molar-refractivity contribution in [3.8, 4) is 0 Å². The van der Waals surface area contributed by atoms with E-state index in [4.69, 9.17) is 9.52 Å². The van der Waals surface area contributed by atoms with Crippen LogP contribution in [0.5, 0.6) is 0 Å². The van der Waals surface area contributed by atoms with Crippen LogP contribution < -0.4 is 10.6 Å². The summed E-state index contributed by atoms with van der Waals surface area (Å²) < 4.78 is 5.22. The number of carbonyl (C=O) groups excluding carboxylic acids is 2. The molecule has 3 rings (SSSR count). The highest BCUT2D eigenvalue weighted by molar-refractivity contribution is 6.10. The normalized spacial score (nSPS) is 10.9. The Bertz CT molecular complexity index is 1020. The molecule has 3 aromatic rings. The number of furan rings is 1. The van der Waals surface area contributed by atoms with Gasteiger partial charge in [-0.25, -0.2) is 4.79 Å². The Morgan fingerprint density at radius 1 is 0.893 bits per heavy atom. The molecule has 0 aliphatic heterocycles. The first-order valence-electron chi connectivity index (χ1n) is 8.29. The minimum absolute atomic E-state index is 0.0303. The van der Waals surface area contributed by atoms with Gasteiger partial charge in [-0.05, 0) is 42.5 Å². The van der Waals surface area contributed by atoms with E-state index in [0.717, 1.165) is 0 Å². The van der Waals surface area contributed by atoms with E-state index in [1.807, 2.05) is 0 Å². The lowest BCUT2D eigenvalue weighted by molar-refractivity contribution is -0.113. The summed E-state index contributed by atoms with van der Waals surface area (Å²) in [6.45, 7) is 0. The molecule has 1 aromatic heterocycles. The molecule has 0 fully saturated rings. The second-order valence-electron chi connectivity index (χ2n) is 5.73. The zero-order valence-corrected chi connectivity index (χ0v) is 14.6. The number of aromatic carboxylic acids is 1. The molecule has 0 radical (unpaired) electrons. The maximum absolute atomic E-state index is 12.7. The molecule has 7 nitrogen and oxygen atoms in total. The fraction of sp³-hybridized carbons (Fsp3) is 0. The van der Waals surface area contributed by atoms with Crippen LogP contribution in [0.4, 0.5) is 5.69 Å². The van der Waals surface area contributed by atoms with E-state index in [0.29, 0.717) is 11.3 Å². The number of hydrogen-bond donors (Lipinski definition) is 3. The molecule has 0 atom stereocenters. The van der Waals surface area contributed by atoms with Gasteiger partial charge in [0.25, 0.3) is 11.8 Å². The average Bonchev–Trinajstić information content (AvgIpc) is 3.21. The first-order chi connectivity index (χ1) is 13.5. The maximum Gasteiger partial charge on any atom is 0.335 e. The molecule has 0 saturated carbocycles. The first kappa shape index (κ1) is 18.7. The highest BCUT2D eigenvalue weighted by atomic mass is 16.4. The Labute approximate surface area is 160 Å². The van der Waals surface area contributed by atoms with Crippen molar-refractivity contribution in [3.05, 3.63) is 95.6 Å². The molecule has 0 saturated heterocycles. The number of amides is 2. The molecule has 2 aromatic carbocycles. The van der Waals surface area contributed by atoms with Crippen LogP contribution in [0.2, 0.25) is 0 Å². The van der Waals surface area contributed by atoms with E-state index in [2.05, 4.69) is 10.6 Å². The van der Waals surface area contributed by atoms with Crippen molar-refractivity contribution in [1.29, 1.82) is 0 Å². The van der Waals surface area contributed by atoms with Crippen molar-refractivity contribution in [2.75, 3.05) is 5.32 Å². The first-order valence-corrected chi connectivity index (χ1v) is 8.29. The zero-order chi connectivity index (χ0) is 19.9. The van der Waals surface area contributed by atoms with E-state index in [1.165, 1.54) is 30.5 Å². The van der Waals surface area contributed by atoms with Gasteiger partial charge in [-0.3, -0.25) is 9.59 Å². The monoisotopic (exact) mass is 376 g/mol. The van der Waals surface area contributed by atoms with Crippen LogP contribution >= 0.6 is 0 Å². The molecule has 0 spiro atoms.